The second-order valence-corrected chi connectivity index (χ2v) is 11.4. The molecule has 0 atom stereocenters. The predicted octanol–water partition coefficient (Wildman–Crippen LogP) is 2.57. The molecule has 11 nitrogen and oxygen atoms in total. The standard InChI is InChI=1S/C28H39N9O2S/c1-20-18-24(34-33-20)30-26-25(39-3)27(32-28(31-26)40-23-6-4-22(5-7-23)19-21(2)38)37-16-14-36(15-17-37)13-12-35-10-8-29-9-11-35/h4-7,18,29H,8-17,19H2,1-3H3,(H2,30,31,32,33,34). The van der Waals surface area contributed by atoms with Crippen molar-refractivity contribution in [2.75, 3.05) is 82.8 Å². The molecule has 2 aliphatic heterocycles. The summed E-state index contributed by atoms with van der Waals surface area (Å²) in [5.74, 6) is 2.79. The van der Waals surface area contributed by atoms with Crippen molar-refractivity contribution in [3.8, 4) is 5.75 Å². The van der Waals surface area contributed by atoms with E-state index in [0.717, 1.165) is 87.4 Å². The molecule has 2 aromatic heterocycles. The number of rotatable bonds is 11. The Kier molecular flexibility index (Phi) is 9.53. The minimum absolute atomic E-state index is 0.150. The van der Waals surface area contributed by atoms with Crippen molar-refractivity contribution >= 4 is 35.0 Å². The highest BCUT2D eigenvalue weighted by molar-refractivity contribution is 7.99. The summed E-state index contributed by atoms with van der Waals surface area (Å²) in [6, 6.07) is 9.92. The van der Waals surface area contributed by atoms with Crippen LogP contribution in [0.2, 0.25) is 0 Å². The Morgan fingerprint density at radius 1 is 1.02 bits per heavy atom. The summed E-state index contributed by atoms with van der Waals surface area (Å²) in [5.41, 5.74) is 1.95. The Balaban J connectivity index is 1.33. The summed E-state index contributed by atoms with van der Waals surface area (Å²) in [6.07, 6.45) is 0.437. The molecule has 3 N–H and O–H groups in total. The van der Waals surface area contributed by atoms with Gasteiger partial charge in [-0.25, -0.2) is 9.97 Å². The lowest BCUT2D eigenvalue weighted by Gasteiger charge is -2.37. The van der Waals surface area contributed by atoms with Crippen LogP contribution in [0.25, 0.3) is 0 Å². The van der Waals surface area contributed by atoms with Crippen LogP contribution in [0.15, 0.2) is 40.4 Å². The van der Waals surface area contributed by atoms with Gasteiger partial charge in [0.05, 0.1) is 7.11 Å². The number of benzene rings is 1. The number of anilines is 3. The molecule has 12 heteroatoms. The van der Waals surface area contributed by atoms with Crippen LogP contribution in [0.1, 0.15) is 18.2 Å². The van der Waals surface area contributed by atoms with Crippen LogP contribution in [0.5, 0.6) is 5.75 Å². The molecule has 2 saturated heterocycles. The van der Waals surface area contributed by atoms with Crippen LogP contribution in [0.4, 0.5) is 17.5 Å². The number of Topliss-reactive ketones (excluding diaryl/α,β-unsaturated/α-hetero) is 1. The van der Waals surface area contributed by atoms with Crippen LogP contribution in [-0.2, 0) is 11.2 Å². The summed E-state index contributed by atoms with van der Waals surface area (Å²) >= 11 is 1.49. The maximum Gasteiger partial charge on any atom is 0.204 e. The monoisotopic (exact) mass is 565 g/mol. The van der Waals surface area contributed by atoms with E-state index in [2.05, 4.69) is 35.5 Å². The third-order valence-corrected chi connectivity index (χ3v) is 8.06. The number of hydrogen-bond acceptors (Lipinski definition) is 11. The van der Waals surface area contributed by atoms with Gasteiger partial charge in [0.15, 0.2) is 22.6 Å². The molecule has 0 radical (unpaired) electrons. The van der Waals surface area contributed by atoms with Gasteiger partial charge < -0.3 is 20.3 Å². The Morgan fingerprint density at radius 2 is 1.73 bits per heavy atom. The highest BCUT2D eigenvalue weighted by atomic mass is 32.2. The molecular formula is C28H39N9O2S. The Labute approximate surface area is 240 Å². The molecule has 40 heavy (non-hydrogen) atoms. The van der Waals surface area contributed by atoms with E-state index in [9.17, 15) is 4.79 Å². The van der Waals surface area contributed by atoms with Crippen molar-refractivity contribution in [3.05, 3.63) is 41.6 Å². The van der Waals surface area contributed by atoms with Crippen molar-refractivity contribution in [2.45, 2.75) is 30.3 Å². The van der Waals surface area contributed by atoms with Gasteiger partial charge in [0.1, 0.15) is 5.78 Å². The van der Waals surface area contributed by atoms with Crippen LogP contribution < -0.4 is 20.3 Å². The van der Waals surface area contributed by atoms with Crippen molar-refractivity contribution in [3.63, 3.8) is 0 Å². The topological polar surface area (TPSA) is 115 Å². The van der Waals surface area contributed by atoms with Gasteiger partial charge in [-0.1, -0.05) is 12.1 Å². The van der Waals surface area contributed by atoms with E-state index in [0.29, 0.717) is 29.0 Å². The van der Waals surface area contributed by atoms with E-state index in [1.165, 1.54) is 11.8 Å². The van der Waals surface area contributed by atoms with E-state index in [1.54, 1.807) is 14.0 Å². The normalized spacial score (nSPS) is 16.7. The van der Waals surface area contributed by atoms with Gasteiger partial charge in [-0.15, -0.1) is 0 Å². The maximum atomic E-state index is 11.5. The zero-order valence-corrected chi connectivity index (χ0v) is 24.4. The summed E-state index contributed by atoms with van der Waals surface area (Å²) in [7, 11) is 1.66. The fourth-order valence-corrected chi connectivity index (χ4v) is 5.78. The number of carbonyl (C=O) groups excluding carboxylic acids is 1. The quantitative estimate of drug-likeness (QED) is 0.298. The van der Waals surface area contributed by atoms with Gasteiger partial charge in [0.25, 0.3) is 0 Å². The molecule has 0 bridgehead atoms. The number of aryl methyl sites for hydroxylation is 1. The maximum absolute atomic E-state index is 11.5. The zero-order chi connectivity index (χ0) is 27.9. The fourth-order valence-electron chi connectivity index (χ4n) is 5.02. The van der Waals surface area contributed by atoms with Gasteiger partial charge in [0.2, 0.25) is 5.75 Å². The van der Waals surface area contributed by atoms with Crippen molar-refractivity contribution < 1.29 is 9.53 Å². The zero-order valence-electron chi connectivity index (χ0n) is 23.6. The molecule has 0 saturated carbocycles. The molecule has 0 aliphatic carbocycles. The first-order valence-electron chi connectivity index (χ1n) is 13.9. The number of H-pyrrole nitrogens is 1. The first-order valence-corrected chi connectivity index (χ1v) is 14.7. The number of aromatic nitrogens is 4. The minimum atomic E-state index is 0.150. The molecule has 214 valence electrons. The lowest BCUT2D eigenvalue weighted by Crippen LogP contribution is -2.51. The molecule has 3 aromatic rings. The van der Waals surface area contributed by atoms with Gasteiger partial charge in [-0.2, -0.15) is 5.10 Å². The molecule has 0 amide bonds. The van der Waals surface area contributed by atoms with Crippen molar-refractivity contribution in [1.29, 1.82) is 0 Å². The molecule has 1 aromatic carbocycles. The van der Waals surface area contributed by atoms with Crippen LogP contribution in [0.3, 0.4) is 0 Å². The number of carbonyl (C=O) groups is 1. The number of nitrogens with zero attached hydrogens (tertiary/aromatic N) is 6. The third-order valence-electron chi connectivity index (χ3n) is 7.18. The minimum Gasteiger partial charge on any atom is -0.490 e. The number of methoxy groups -OCH3 is 1. The average Bonchev–Trinajstić information content (AvgIpc) is 3.37. The van der Waals surface area contributed by atoms with E-state index in [4.69, 9.17) is 14.7 Å². The third kappa shape index (κ3) is 7.51. The molecule has 2 fully saturated rings. The predicted molar refractivity (Wildman–Crippen MR) is 158 cm³/mol. The average molecular weight is 566 g/mol. The number of ether oxygens (including phenoxy) is 1. The van der Waals surface area contributed by atoms with Crippen molar-refractivity contribution in [1.82, 2.24) is 35.3 Å². The number of aromatic amines is 1. The lowest BCUT2D eigenvalue weighted by molar-refractivity contribution is -0.116. The number of ketones is 1. The Morgan fingerprint density at radius 3 is 2.35 bits per heavy atom. The second-order valence-electron chi connectivity index (χ2n) is 10.3. The molecule has 4 heterocycles. The Hall–Kier alpha value is -3.19. The molecule has 2 aliphatic rings. The van der Waals surface area contributed by atoms with E-state index < -0.39 is 0 Å². The van der Waals surface area contributed by atoms with Crippen LogP contribution >= 0.6 is 11.8 Å². The Bertz CT molecular complexity index is 1270. The summed E-state index contributed by atoms with van der Waals surface area (Å²) in [4.78, 5) is 29.7. The first kappa shape index (κ1) is 28.3. The van der Waals surface area contributed by atoms with Gasteiger partial charge in [0, 0.05) is 88.5 Å². The summed E-state index contributed by atoms with van der Waals surface area (Å²) < 4.78 is 5.89. The van der Waals surface area contributed by atoms with Gasteiger partial charge in [-0.3, -0.25) is 19.7 Å². The molecule has 0 spiro atoms. The van der Waals surface area contributed by atoms with Gasteiger partial charge >= 0.3 is 0 Å². The van der Waals surface area contributed by atoms with Crippen LogP contribution in [-0.4, -0.2) is 108 Å². The second kappa shape index (κ2) is 13.4. The van der Waals surface area contributed by atoms with E-state index in [-0.39, 0.29) is 5.78 Å². The largest absolute Gasteiger partial charge is 0.490 e. The number of piperazine rings is 2. The SMILES string of the molecule is COc1c(Nc2cc(C)[nH]n2)nc(Sc2ccc(CC(C)=O)cc2)nc1N1CCN(CCN2CCNCC2)CC1. The molecule has 5 rings (SSSR count). The van der Waals surface area contributed by atoms with E-state index >= 15 is 0 Å². The number of hydrogen-bond donors (Lipinski definition) is 3. The summed E-state index contributed by atoms with van der Waals surface area (Å²) in [5, 5.41) is 14.7. The highest BCUT2D eigenvalue weighted by Gasteiger charge is 2.25. The van der Waals surface area contributed by atoms with Gasteiger partial charge in [-0.05, 0) is 43.3 Å². The van der Waals surface area contributed by atoms with Crippen LogP contribution in [0, 0.1) is 6.92 Å². The molecule has 0 unspecified atom stereocenters. The van der Waals surface area contributed by atoms with Crippen molar-refractivity contribution in [2.24, 2.45) is 0 Å². The fraction of sp³-hybridized carbons (Fsp3) is 0.500. The number of nitrogens with one attached hydrogen (secondary N) is 3. The summed E-state index contributed by atoms with van der Waals surface area (Å²) in [6.45, 7) is 13.9. The lowest BCUT2D eigenvalue weighted by atomic mass is 10.1. The molecular weight excluding hydrogens is 526 g/mol. The highest BCUT2D eigenvalue weighted by Crippen LogP contribution is 2.38. The first-order chi connectivity index (χ1) is 19.5. The smallest absolute Gasteiger partial charge is 0.204 e. The van der Waals surface area contributed by atoms with E-state index in [1.807, 2.05) is 37.3 Å².